The lowest BCUT2D eigenvalue weighted by Crippen LogP contribution is -2.14. The van der Waals surface area contributed by atoms with Crippen LogP contribution >= 0.6 is 15.9 Å². The second-order valence-electron chi connectivity index (χ2n) is 2.75. The smallest absolute Gasteiger partial charge is 0.176 e. The molecule has 70 valence electrons. The van der Waals surface area contributed by atoms with Gasteiger partial charge in [-0.2, -0.15) is 0 Å². The molecule has 0 saturated heterocycles. The Morgan fingerprint density at radius 2 is 2.23 bits per heavy atom. The van der Waals surface area contributed by atoms with Crippen LogP contribution in [0.3, 0.4) is 0 Å². The van der Waals surface area contributed by atoms with Gasteiger partial charge in [0.05, 0.1) is 11.0 Å². The van der Waals surface area contributed by atoms with Gasteiger partial charge in [-0.15, -0.1) is 0 Å². The molecule has 0 saturated carbocycles. The standard InChI is InChI=1S/C9H10BrNO2/c1-5-2-7(10)8(12)3-6(5)9(13)4-11/h2-3,12H,4,11H2,1H3. The number of carbonyl (C=O) groups excluding carboxylic acids is 1. The molecule has 0 heterocycles. The van der Waals surface area contributed by atoms with Crippen molar-refractivity contribution in [2.75, 3.05) is 6.54 Å². The van der Waals surface area contributed by atoms with Gasteiger partial charge in [0.15, 0.2) is 5.78 Å². The fraction of sp³-hybridized carbons (Fsp3) is 0.222. The zero-order valence-corrected chi connectivity index (χ0v) is 8.76. The molecule has 1 aromatic rings. The Labute approximate surface area is 84.7 Å². The molecule has 0 amide bonds. The van der Waals surface area contributed by atoms with Gasteiger partial charge in [-0.3, -0.25) is 4.79 Å². The zero-order chi connectivity index (χ0) is 10.0. The fourth-order valence-electron chi connectivity index (χ4n) is 1.07. The van der Waals surface area contributed by atoms with E-state index in [0.717, 1.165) is 5.56 Å². The van der Waals surface area contributed by atoms with Crippen LogP contribution in [0.2, 0.25) is 0 Å². The first-order chi connectivity index (χ1) is 6.06. The highest BCUT2D eigenvalue weighted by Crippen LogP contribution is 2.27. The summed E-state index contributed by atoms with van der Waals surface area (Å²) in [6, 6.07) is 3.12. The highest BCUT2D eigenvalue weighted by molar-refractivity contribution is 9.10. The number of phenols is 1. The van der Waals surface area contributed by atoms with E-state index in [4.69, 9.17) is 5.73 Å². The van der Waals surface area contributed by atoms with E-state index in [-0.39, 0.29) is 18.1 Å². The van der Waals surface area contributed by atoms with Crippen molar-refractivity contribution in [3.05, 3.63) is 27.7 Å². The molecule has 0 aliphatic heterocycles. The predicted molar refractivity (Wildman–Crippen MR) is 53.9 cm³/mol. The second kappa shape index (κ2) is 3.89. The molecule has 0 aromatic heterocycles. The molecule has 0 bridgehead atoms. The largest absolute Gasteiger partial charge is 0.507 e. The molecule has 4 heteroatoms. The fourth-order valence-corrected chi connectivity index (χ4v) is 1.53. The van der Waals surface area contributed by atoms with Crippen LogP contribution in [0.15, 0.2) is 16.6 Å². The Bertz CT molecular complexity index is 350. The number of halogens is 1. The van der Waals surface area contributed by atoms with Gasteiger partial charge in [-0.05, 0) is 40.5 Å². The van der Waals surface area contributed by atoms with Crippen LogP contribution in [0, 0.1) is 6.92 Å². The lowest BCUT2D eigenvalue weighted by Gasteiger charge is -2.05. The van der Waals surface area contributed by atoms with Gasteiger partial charge in [0, 0.05) is 5.56 Å². The lowest BCUT2D eigenvalue weighted by atomic mass is 10.0. The number of ketones is 1. The van der Waals surface area contributed by atoms with E-state index in [0.29, 0.717) is 10.0 Å². The van der Waals surface area contributed by atoms with E-state index in [1.54, 1.807) is 13.0 Å². The van der Waals surface area contributed by atoms with Gasteiger partial charge in [0.1, 0.15) is 5.75 Å². The molecular formula is C9H10BrNO2. The normalized spacial score (nSPS) is 10.1. The van der Waals surface area contributed by atoms with Crippen molar-refractivity contribution in [1.29, 1.82) is 0 Å². The molecule has 0 spiro atoms. The molecule has 1 aromatic carbocycles. The van der Waals surface area contributed by atoms with Gasteiger partial charge in [-0.1, -0.05) is 0 Å². The van der Waals surface area contributed by atoms with Crippen LogP contribution in [0.25, 0.3) is 0 Å². The first-order valence-electron chi connectivity index (χ1n) is 3.78. The molecule has 0 fully saturated rings. The molecule has 3 nitrogen and oxygen atoms in total. The molecule has 0 unspecified atom stereocenters. The number of hydrogen-bond acceptors (Lipinski definition) is 3. The minimum Gasteiger partial charge on any atom is -0.507 e. The maximum absolute atomic E-state index is 11.2. The van der Waals surface area contributed by atoms with Crippen LogP contribution in [-0.4, -0.2) is 17.4 Å². The number of Topliss-reactive ketones (excluding diaryl/α,β-unsaturated/α-hetero) is 1. The quantitative estimate of drug-likeness (QED) is 0.776. The van der Waals surface area contributed by atoms with Crippen molar-refractivity contribution >= 4 is 21.7 Å². The number of hydrogen-bond donors (Lipinski definition) is 2. The average molecular weight is 244 g/mol. The third-order valence-electron chi connectivity index (χ3n) is 1.78. The number of nitrogens with two attached hydrogens (primary N) is 1. The summed E-state index contributed by atoms with van der Waals surface area (Å²) in [7, 11) is 0. The highest BCUT2D eigenvalue weighted by Gasteiger charge is 2.10. The molecule has 13 heavy (non-hydrogen) atoms. The maximum atomic E-state index is 11.2. The van der Waals surface area contributed by atoms with Gasteiger partial charge >= 0.3 is 0 Å². The zero-order valence-electron chi connectivity index (χ0n) is 7.17. The predicted octanol–water partition coefficient (Wildman–Crippen LogP) is 1.60. The summed E-state index contributed by atoms with van der Waals surface area (Å²) in [4.78, 5) is 11.2. The minimum absolute atomic E-state index is 0.0398. The van der Waals surface area contributed by atoms with Gasteiger partial charge in [0.2, 0.25) is 0 Å². The summed E-state index contributed by atoms with van der Waals surface area (Å²) in [6.45, 7) is 1.76. The number of carbonyl (C=O) groups is 1. The van der Waals surface area contributed by atoms with Crippen molar-refractivity contribution in [3.8, 4) is 5.75 Å². The molecule has 0 aliphatic rings. The monoisotopic (exact) mass is 243 g/mol. The molecule has 0 aliphatic carbocycles. The highest BCUT2D eigenvalue weighted by atomic mass is 79.9. The Morgan fingerprint density at radius 1 is 1.62 bits per heavy atom. The number of aryl methyl sites for hydroxylation is 1. The molecule has 3 N–H and O–H groups in total. The summed E-state index contributed by atoms with van der Waals surface area (Å²) in [5, 5.41) is 9.33. The van der Waals surface area contributed by atoms with Gasteiger partial charge in [0.25, 0.3) is 0 Å². The van der Waals surface area contributed by atoms with Crippen molar-refractivity contribution in [1.82, 2.24) is 0 Å². The van der Waals surface area contributed by atoms with Crippen molar-refractivity contribution in [2.45, 2.75) is 6.92 Å². The summed E-state index contributed by atoms with van der Waals surface area (Å²) in [5.41, 5.74) is 6.50. The summed E-state index contributed by atoms with van der Waals surface area (Å²) in [6.07, 6.45) is 0. The van der Waals surface area contributed by atoms with Crippen LogP contribution < -0.4 is 5.73 Å². The third kappa shape index (κ3) is 2.08. The Hall–Kier alpha value is -0.870. The Morgan fingerprint density at radius 3 is 2.77 bits per heavy atom. The summed E-state index contributed by atoms with van der Waals surface area (Å²) >= 11 is 3.16. The Balaban J connectivity index is 3.23. The van der Waals surface area contributed by atoms with Crippen LogP contribution in [0.4, 0.5) is 0 Å². The van der Waals surface area contributed by atoms with E-state index in [9.17, 15) is 9.90 Å². The second-order valence-corrected chi connectivity index (χ2v) is 3.60. The lowest BCUT2D eigenvalue weighted by molar-refractivity contribution is 0.100. The molecule has 1 rings (SSSR count). The van der Waals surface area contributed by atoms with Crippen molar-refractivity contribution in [2.24, 2.45) is 5.73 Å². The number of phenolic OH excluding ortho intramolecular Hbond substituents is 1. The first kappa shape index (κ1) is 10.2. The number of aromatic hydroxyl groups is 1. The molecule has 0 radical (unpaired) electrons. The SMILES string of the molecule is Cc1cc(Br)c(O)cc1C(=O)CN. The maximum Gasteiger partial charge on any atom is 0.176 e. The third-order valence-corrected chi connectivity index (χ3v) is 2.41. The van der Waals surface area contributed by atoms with E-state index in [1.165, 1.54) is 6.07 Å². The van der Waals surface area contributed by atoms with E-state index >= 15 is 0 Å². The van der Waals surface area contributed by atoms with Crippen LogP contribution in [-0.2, 0) is 0 Å². The molecular weight excluding hydrogens is 234 g/mol. The Kier molecular flexibility index (Phi) is 3.06. The van der Waals surface area contributed by atoms with Gasteiger partial charge in [-0.25, -0.2) is 0 Å². The van der Waals surface area contributed by atoms with E-state index < -0.39 is 0 Å². The topological polar surface area (TPSA) is 63.3 Å². The van der Waals surface area contributed by atoms with Crippen molar-refractivity contribution in [3.63, 3.8) is 0 Å². The van der Waals surface area contributed by atoms with Gasteiger partial charge < -0.3 is 10.8 Å². The van der Waals surface area contributed by atoms with Crippen molar-refractivity contribution < 1.29 is 9.90 Å². The summed E-state index contributed by atoms with van der Waals surface area (Å²) < 4.78 is 0.582. The van der Waals surface area contributed by atoms with Crippen LogP contribution in [0.5, 0.6) is 5.75 Å². The van der Waals surface area contributed by atoms with Crippen LogP contribution in [0.1, 0.15) is 15.9 Å². The van der Waals surface area contributed by atoms with E-state index in [1.807, 2.05) is 0 Å². The van der Waals surface area contributed by atoms with E-state index in [2.05, 4.69) is 15.9 Å². The average Bonchev–Trinajstić information content (AvgIpc) is 2.10. The summed E-state index contributed by atoms with van der Waals surface area (Å²) in [5.74, 6) is -0.109. The number of rotatable bonds is 2. The minimum atomic E-state index is -0.166. The molecule has 0 atom stereocenters. The number of benzene rings is 1. The first-order valence-corrected chi connectivity index (χ1v) is 4.58.